The van der Waals surface area contributed by atoms with Crippen molar-refractivity contribution >= 4 is 39.9 Å². The third-order valence-corrected chi connectivity index (χ3v) is 5.40. The Kier molecular flexibility index (Phi) is 5.92. The molecule has 2 N–H and O–H groups in total. The predicted octanol–water partition coefficient (Wildman–Crippen LogP) is 5.22. The molecule has 0 aliphatic rings. The summed E-state index contributed by atoms with van der Waals surface area (Å²) in [5.41, 5.74) is 4.49. The van der Waals surface area contributed by atoms with Crippen LogP contribution in [0.25, 0.3) is 22.4 Å². The highest BCUT2D eigenvalue weighted by atomic mass is 35.5. The predicted molar refractivity (Wildman–Crippen MR) is 128 cm³/mol. The number of rotatable bonds is 6. The minimum atomic E-state index is -0.296. The van der Waals surface area contributed by atoms with Crippen LogP contribution in [0.4, 0.5) is 11.4 Å². The van der Waals surface area contributed by atoms with Crippen molar-refractivity contribution in [3.63, 3.8) is 0 Å². The number of halogens is 1. The Morgan fingerprint density at radius 3 is 2.38 bits per heavy atom. The van der Waals surface area contributed by atoms with Gasteiger partial charge in [0, 0.05) is 42.7 Å². The summed E-state index contributed by atoms with van der Waals surface area (Å²) >= 11 is 6.46. The lowest BCUT2D eigenvalue weighted by Gasteiger charge is -2.11. The Morgan fingerprint density at radius 1 is 1.00 bits per heavy atom. The summed E-state index contributed by atoms with van der Waals surface area (Å²) in [7, 11) is 7.05. The molecule has 0 radical (unpaired) electrons. The first-order valence-electron chi connectivity index (χ1n) is 9.89. The van der Waals surface area contributed by atoms with Gasteiger partial charge >= 0.3 is 0 Å². The summed E-state index contributed by atoms with van der Waals surface area (Å²) in [5, 5.41) is 3.42. The Morgan fingerprint density at radius 2 is 1.72 bits per heavy atom. The van der Waals surface area contributed by atoms with Gasteiger partial charge in [0.25, 0.3) is 5.91 Å². The van der Waals surface area contributed by atoms with Crippen LogP contribution in [0.2, 0.25) is 5.02 Å². The highest BCUT2D eigenvalue weighted by Crippen LogP contribution is 2.31. The minimum Gasteiger partial charge on any atom is -0.497 e. The molecule has 0 saturated carbocycles. The van der Waals surface area contributed by atoms with Crippen molar-refractivity contribution in [2.75, 3.05) is 38.5 Å². The Balaban J connectivity index is 1.65. The molecule has 0 unspecified atom stereocenters. The molecule has 0 saturated heterocycles. The van der Waals surface area contributed by atoms with Gasteiger partial charge in [-0.2, -0.15) is 0 Å². The van der Waals surface area contributed by atoms with Crippen LogP contribution in [0.5, 0.6) is 11.5 Å². The number of nitrogens with zero attached hydrogens (tertiary/aromatic N) is 2. The number of nitrogens with one attached hydrogen (secondary N) is 2. The van der Waals surface area contributed by atoms with Crippen LogP contribution in [-0.4, -0.2) is 44.2 Å². The van der Waals surface area contributed by atoms with Gasteiger partial charge in [-0.15, -0.1) is 0 Å². The van der Waals surface area contributed by atoms with Crippen molar-refractivity contribution in [2.45, 2.75) is 0 Å². The van der Waals surface area contributed by atoms with E-state index in [0.717, 1.165) is 16.7 Å². The van der Waals surface area contributed by atoms with E-state index in [1.54, 1.807) is 36.4 Å². The van der Waals surface area contributed by atoms with E-state index >= 15 is 0 Å². The quantitative estimate of drug-likeness (QED) is 0.421. The number of aromatic amines is 1. The molecule has 32 heavy (non-hydrogen) atoms. The topological polar surface area (TPSA) is 79.5 Å². The van der Waals surface area contributed by atoms with Crippen molar-refractivity contribution in [2.24, 2.45) is 0 Å². The lowest BCUT2D eigenvalue weighted by atomic mass is 10.1. The number of carbonyl (C=O) groups is 1. The highest BCUT2D eigenvalue weighted by molar-refractivity contribution is 6.33. The van der Waals surface area contributed by atoms with E-state index in [9.17, 15) is 4.79 Å². The van der Waals surface area contributed by atoms with E-state index in [4.69, 9.17) is 21.1 Å². The molecular weight excluding hydrogens is 428 g/mol. The molecule has 0 fully saturated rings. The Hall–Kier alpha value is -3.71. The maximum atomic E-state index is 12.8. The van der Waals surface area contributed by atoms with Crippen LogP contribution in [0, 0.1) is 0 Å². The summed E-state index contributed by atoms with van der Waals surface area (Å²) in [6.45, 7) is 0. The summed E-state index contributed by atoms with van der Waals surface area (Å²) in [5.74, 6) is 1.40. The minimum absolute atomic E-state index is 0.296. The fraction of sp³-hybridized carbons (Fsp3) is 0.167. The molecule has 7 nitrogen and oxygen atoms in total. The molecule has 1 aromatic heterocycles. The molecule has 1 amide bonds. The molecule has 3 aromatic carbocycles. The second-order valence-electron chi connectivity index (χ2n) is 7.43. The van der Waals surface area contributed by atoms with Crippen LogP contribution in [0.1, 0.15) is 10.4 Å². The van der Waals surface area contributed by atoms with Gasteiger partial charge in [-0.05, 0) is 48.5 Å². The number of aromatic nitrogens is 2. The highest BCUT2D eigenvalue weighted by Gasteiger charge is 2.14. The van der Waals surface area contributed by atoms with Crippen LogP contribution >= 0.6 is 11.6 Å². The van der Waals surface area contributed by atoms with E-state index in [-0.39, 0.29) is 5.91 Å². The SMILES string of the molecule is COc1cc(OC)cc(C(=O)Nc2ccc(Cl)c(-c3nc4ccc(N(C)C)cc4[nH]3)c2)c1. The van der Waals surface area contributed by atoms with Gasteiger partial charge in [-0.3, -0.25) is 4.79 Å². The Bertz CT molecular complexity index is 1280. The lowest BCUT2D eigenvalue weighted by Crippen LogP contribution is -2.12. The average Bonchev–Trinajstić information content (AvgIpc) is 3.22. The first-order valence-corrected chi connectivity index (χ1v) is 10.3. The first kappa shape index (κ1) is 21.5. The Labute approximate surface area is 190 Å². The first-order chi connectivity index (χ1) is 15.4. The third kappa shape index (κ3) is 4.33. The van der Waals surface area contributed by atoms with Gasteiger partial charge in [0.2, 0.25) is 0 Å². The van der Waals surface area contributed by atoms with Crippen molar-refractivity contribution in [3.8, 4) is 22.9 Å². The largest absolute Gasteiger partial charge is 0.497 e. The second-order valence-corrected chi connectivity index (χ2v) is 7.84. The van der Waals surface area contributed by atoms with Crippen molar-refractivity contribution < 1.29 is 14.3 Å². The van der Waals surface area contributed by atoms with Crippen LogP contribution in [-0.2, 0) is 0 Å². The van der Waals surface area contributed by atoms with E-state index in [1.807, 2.05) is 37.2 Å². The molecule has 4 aromatic rings. The smallest absolute Gasteiger partial charge is 0.255 e. The van der Waals surface area contributed by atoms with Gasteiger partial charge in [-0.25, -0.2) is 4.98 Å². The van der Waals surface area contributed by atoms with E-state index in [0.29, 0.717) is 39.2 Å². The van der Waals surface area contributed by atoms with Gasteiger partial charge in [0.15, 0.2) is 0 Å². The fourth-order valence-corrected chi connectivity index (χ4v) is 3.54. The second kappa shape index (κ2) is 8.80. The third-order valence-electron chi connectivity index (χ3n) is 5.07. The molecule has 0 spiro atoms. The van der Waals surface area contributed by atoms with Gasteiger partial charge < -0.3 is 24.7 Å². The van der Waals surface area contributed by atoms with Gasteiger partial charge in [-0.1, -0.05) is 11.6 Å². The van der Waals surface area contributed by atoms with E-state index in [2.05, 4.69) is 15.3 Å². The number of hydrogen-bond donors (Lipinski definition) is 2. The number of benzene rings is 3. The van der Waals surface area contributed by atoms with Crippen molar-refractivity contribution in [1.29, 1.82) is 0 Å². The lowest BCUT2D eigenvalue weighted by molar-refractivity contribution is 0.102. The van der Waals surface area contributed by atoms with Crippen molar-refractivity contribution in [1.82, 2.24) is 9.97 Å². The number of hydrogen-bond acceptors (Lipinski definition) is 5. The molecule has 8 heteroatoms. The summed E-state index contributed by atoms with van der Waals surface area (Å²) < 4.78 is 10.5. The van der Waals surface area contributed by atoms with Crippen molar-refractivity contribution in [3.05, 3.63) is 65.2 Å². The van der Waals surface area contributed by atoms with E-state index in [1.165, 1.54) is 14.2 Å². The zero-order chi connectivity index (χ0) is 22.8. The maximum absolute atomic E-state index is 12.8. The van der Waals surface area contributed by atoms with Gasteiger partial charge in [0.05, 0.1) is 30.3 Å². The number of imidazole rings is 1. The maximum Gasteiger partial charge on any atom is 0.255 e. The standard InChI is InChI=1S/C24H23ClN4O3/c1-29(2)16-6-8-21-22(12-16)28-23(27-21)19-11-15(5-7-20(19)25)26-24(30)14-9-17(31-3)13-18(10-14)32-4/h5-13H,1-4H3,(H,26,30)(H,27,28). The number of carbonyl (C=O) groups excluding carboxylic acids is 1. The zero-order valence-electron chi connectivity index (χ0n) is 18.2. The van der Waals surface area contributed by atoms with E-state index < -0.39 is 0 Å². The number of H-pyrrole nitrogens is 1. The van der Waals surface area contributed by atoms with Crippen LogP contribution in [0.15, 0.2) is 54.6 Å². The molecule has 164 valence electrons. The molecule has 0 atom stereocenters. The number of anilines is 2. The van der Waals surface area contributed by atoms with Crippen LogP contribution in [0.3, 0.4) is 0 Å². The molecule has 4 rings (SSSR count). The van der Waals surface area contributed by atoms with Crippen LogP contribution < -0.4 is 19.7 Å². The number of amides is 1. The molecule has 0 aliphatic heterocycles. The summed E-state index contributed by atoms with van der Waals surface area (Å²) in [6, 6.07) is 16.3. The molecule has 0 bridgehead atoms. The summed E-state index contributed by atoms with van der Waals surface area (Å²) in [6.07, 6.45) is 0. The fourth-order valence-electron chi connectivity index (χ4n) is 3.33. The monoisotopic (exact) mass is 450 g/mol. The molecular formula is C24H23ClN4O3. The normalized spacial score (nSPS) is 10.8. The number of methoxy groups -OCH3 is 2. The number of fused-ring (bicyclic) bond motifs is 1. The molecule has 0 aliphatic carbocycles. The average molecular weight is 451 g/mol. The summed E-state index contributed by atoms with van der Waals surface area (Å²) in [4.78, 5) is 22.9. The molecule has 1 heterocycles. The van der Waals surface area contributed by atoms with Gasteiger partial charge in [0.1, 0.15) is 17.3 Å². The zero-order valence-corrected chi connectivity index (χ0v) is 18.9. The number of ether oxygens (including phenoxy) is 2.